The Hall–Kier alpha value is -1.22. The maximum atomic E-state index is 5.42. The van der Waals surface area contributed by atoms with E-state index in [4.69, 9.17) is 9.47 Å². The van der Waals surface area contributed by atoms with Gasteiger partial charge >= 0.3 is 0 Å². The highest BCUT2D eigenvalue weighted by molar-refractivity contribution is 14.0. The molecule has 0 radical (unpaired) electrons. The van der Waals surface area contributed by atoms with Crippen molar-refractivity contribution in [1.82, 2.24) is 15.5 Å². The molecule has 2 aliphatic heterocycles. The lowest BCUT2D eigenvalue weighted by atomic mass is 10.2. The second kappa shape index (κ2) is 11.5. The van der Waals surface area contributed by atoms with Crippen molar-refractivity contribution >= 4 is 29.9 Å². The van der Waals surface area contributed by atoms with Gasteiger partial charge in [0.15, 0.2) is 17.5 Å². The summed E-state index contributed by atoms with van der Waals surface area (Å²) in [5.74, 6) is 2.50. The van der Waals surface area contributed by atoms with Gasteiger partial charge in [0.2, 0.25) is 6.79 Å². The first kappa shape index (κ1) is 21.1. The summed E-state index contributed by atoms with van der Waals surface area (Å²) in [7, 11) is 0. The summed E-state index contributed by atoms with van der Waals surface area (Å²) in [6, 6.07) is 5.99. The molecule has 1 aromatic rings. The largest absolute Gasteiger partial charge is 0.454 e. The van der Waals surface area contributed by atoms with Gasteiger partial charge in [0, 0.05) is 13.1 Å². The summed E-state index contributed by atoms with van der Waals surface area (Å²) in [5.41, 5.74) is 1.12. The van der Waals surface area contributed by atoms with E-state index in [0.29, 0.717) is 13.3 Å². The standard InChI is InChI=1S/C19H30N4O2.HI/c1-2-20-19(21-9-3-4-10-23-11-5-6-12-23)22-14-16-7-8-17-18(13-16)25-15-24-17;/h7-8,13H,2-6,9-12,14-15H2,1H3,(H2,20,21,22);1H. The van der Waals surface area contributed by atoms with Gasteiger partial charge in [0.05, 0.1) is 6.54 Å². The number of hydrogen-bond donors (Lipinski definition) is 2. The van der Waals surface area contributed by atoms with Crippen LogP contribution in [0.2, 0.25) is 0 Å². The highest BCUT2D eigenvalue weighted by atomic mass is 127. The molecule has 0 aliphatic carbocycles. The first-order chi connectivity index (χ1) is 12.3. The molecule has 6 nitrogen and oxygen atoms in total. The van der Waals surface area contributed by atoms with Crippen LogP contribution in [0.15, 0.2) is 23.2 Å². The average Bonchev–Trinajstić information content (AvgIpc) is 3.30. The zero-order valence-corrected chi connectivity index (χ0v) is 18.0. The number of rotatable bonds is 8. The van der Waals surface area contributed by atoms with Gasteiger partial charge in [-0.2, -0.15) is 0 Å². The van der Waals surface area contributed by atoms with Gasteiger partial charge in [-0.1, -0.05) is 6.07 Å². The molecule has 1 saturated heterocycles. The molecule has 0 unspecified atom stereocenters. The quantitative estimate of drug-likeness (QED) is 0.263. The molecule has 1 fully saturated rings. The van der Waals surface area contributed by atoms with Crippen molar-refractivity contribution < 1.29 is 9.47 Å². The molecular weight excluding hydrogens is 443 g/mol. The van der Waals surface area contributed by atoms with Crippen LogP contribution in [0, 0.1) is 0 Å². The molecule has 0 spiro atoms. The second-order valence-electron chi connectivity index (χ2n) is 6.57. The zero-order chi connectivity index (χ0) is 17.3. The first-order valence-electron chi connectivity index (χ1n) is 9.48. The van der Waals surface area contributed by atoms with E-state index < -0.39 is 0 Å². The van der Waals surface area contributed by atoms with Crippen LogP contribution in [0.4, 0.5) is 0 Å². The summed E-state index contributed by atoms with van der Waals surface area (Å²) in [4.78, 5) is 7.24. The monoisotopic (exact) mass is 474 g/mol. The van der Waals surface area contributed by atoms with E-state index in [1.165, 1.54) is 45.3 Å². The number of hydrogen-bond acceptors (Lipinski definition) is 4. The smallest absolute Gasteiger partial charge is 0.231 e. The summed E-state index contributed by atoms with van der Waals surface area (Å²) in [6.07, 6.45) is 5.16. The molecule has 2 N–H and O–H groups in total. The second-order valence-corrected chi connectivity index (χ2v) is 6.57. The van der Waals surface area contributed by atoms with Crippen LogP contribution in [-0.4, -0.2) is 50.4 Å². The Morgan fingerprint density at radius 1 is 1.12 bits per heavy atom. The maximum absolute atomic E-state index is 5.42. The number of nitrogens with one attached hydrogen (secondary N) is 2. The fourth-order valence-corrected chi connectivity index (χ4v) is 3.22. The van der Waals surface area contributed by atoms with Crippen molar-refractivity contribution in [2.24, 2.45) is 4.99 Å². The first-order valence-corrected chi connectivity index (χ1v) is 9.48. The third kappa shape index (κ3) is 6.50. The molecule has 146 valence electrons. The number of ether oxygens (including phenoxy) is 2. The van der Waals surface area contributed by atoms with E-state index in [2.05, 4.69) is 27.4 Å². The predicted molar refractivity (Wildman–Crippen MR) is 116 cm³/mol. The topological polar surface area (TPSA) is 58.1 Å². The minimum absolute atomic E-state index is 0. The van der Waals surface area contributed by atoms with Gasteiger partial charge in [0.25, 0.3) is 0 Å². The van der Waals surface area contributed by atoms with E-state index >= 15 is 0 Å². The van der Waals surface area contributed by atoms with Crippen LogP contribution < -0.4 is 20.1 Å². The van der Waals surface area contributed by atoms with Crippen molar-refractivity contribution in [2.45, 2.75) is 39.2 Å². The zero-order valence-electron chi connectivity index (χ0n) is 15.6. The predicted octanol–water partition coefficient (Wildman–Crippen LogP) is 2.96. The molecule has 0 bridgehead atoms. The van der Waals surface area contributed by atoms with Crippen molar-refractivity contribution in [1.29, 1.82) is 0 Å². The van der Waals surface area contributed by atoms with Gasteiger partial charge in [-0.15, -0.1) is 24.0 Å². The van der Waals surface area contributed by atoms with Gasteiger partial charge in [0.1, 0.15) is 0 Å². The molecular formula is C19H31IN4O2. The number of likely N-dealkylation sites (tertiary alicyclic amines) is 1. The van der Waals surface area contributed by atoms with E-state index in [1.54, 1.807) is 0 Å². The number of unbranched alkanes of at least 4 members (excludes halogenated alkanes) is 1. The van der Waals surface area contributed by atoms with E-state index in [9.17, 15) is 0 Å². The molecule has 3 rings (SSSR count). The third-order valence-corrected chi connectivity index (χ3v) is 4.59. The summed E-state index contributed by atoms with van der Waals surface area (Å²) < 4.78 is 10.8. The molecule has 26 heavy (non-hydrogen) atoms. The Kier molecular flexibility index (Phi) is 9.31. The Bertz CT molecular complexity index is 577. The number of guanidine groups is 1. The van der Waals surface area contributed by atoms with Gasteiger partial charge in [-0.25, -0.2) is 4.99 Å². The molecule has 2 aliphatic rings. The van der Waals surface area contributed by atoms with Crippen LogP contribution in [0.3, 0.4) is 0 Å². The highest BCUT2D eigenvalue weighted by Gasteiger charge is 2.13. The van der Waals surface area contributed by atoms with Crippen LogP contribution in [0.1, 0.15) is 38.2 Å². The maximum Gasteiger partial charge on any atom is 0.231 e. The summed E-state index contributed by atoms with van der Waals surface area (Å²) in [6.45, 7) is 8.64. The van der Waals surface area contributed by atoms with Crippen LogP contribution in [-0.2, 0) is 6.54 Å². The van der Waals surface area contributed by atoms with E-state index in [1.807, 2.05) is 18.2 Å². The molecule has 0 atom stereocenters. The van der Waals surface area contributed by atoms with Crippen LogP contribution in [0.5, 0.6) is 11.5 Å². The third-order valence-electron chi connectivity index (χ3n) is 4.59. The van der Waals surface area contributed by atoms with Crippen molar-refractivity contribution in [3.63, 3.8) is 0 Å². The Labute approximate surface area is 173 Å². The summed E-state index contributed by atoms with van der Waals surface area (Å²) in [5, 5.41) is 6.74. The minimum atomic E-state index is 0. The number of halogens is 1. The van der Waals surface area contributed by atoms with Gasteiger partial charge in [-0.3, -0.25) is 0 Å². The number of aliphatic imine (C=N–C) groups is 1. The van der Waals surface area contributed by atoms with E-state index in [0.717, 1.165) is 36.1 Å². The number of nitrogens with zero attached hydrogens (tertiary/aromatic N) is 2. The molecule has 0 aromatic heterocycles. The molecule has 2 heterocycles. The summed E-state index contributed by atoms with van der Waals surface area (Å²) >= 11 is 0. The average molecular weight is 474 g/mol. The van der Waals surface area contributed by atoms with Gasteiger partial charge in [-0.05, 0) is 69.9 Å². The van der Waals surface area contributed by atoms with Crippen molar-refractivity contribution in [2.75, 3.05) is 39.5 Å². The fourth-order valence-electron chi connectivity index (χ4n) is 3.22. The molecule has 7 heteroatoms. The SMILES string of the molecule is CCNC(=NCc1ccc2c(c1)OCO2)NCCCCN1CCCC1.I. The lowest BCUT2D eigenvalue weighted by molar-refractivity contribution is 0.174. The van der Waals surface area contributed by atoms with Crippen LogP contribution in [0.25, 0.3) is 0 Å². The van der Waals surface area contributed by atoms with E-state index in [-0.39, 0.29) is 24.0 Å². The minimum Gasteiger partial charge on any atom is -0.454 e. The highest BCUT2D eigenvalue weighted by Crippen LogP contribution is 2.32. The molecule has 0 amide bonds. The Morgan fingerprint density at radius 3 is 2.73 bits per heavy atom. The number of benzene rings is 1. The fraction of sp³-hybridized carbons (Fsp3) is 0.632. The lowest BCUT2D eigenvalue weighted by Gasteiger charge is -2.15. The Morgan fingerprint density at radius 2 is 1.92 bits per heavy atom. The molecule has 0 saturated carbocycles. The lowest BCUT2D eigenvalue weighted by Crippen LogP contribution is -2.38. The van der Waals surface area contributed by atoms with Crippen molar-refractivity contribution in [3.05, 3.63) is 23.8 Å². The van der Waals surface area contributed by atoms with Crippen LogP contribution >= 0.6 is 24.0 Å². The number of fused-ring (bicyclic) bond motifs is 1. The van der Waals surface area contributed by atoms with Crippen molar-refractivity contribution in [3.8, 4) is 11.5 Å². The normalized spacial score (nSPS) is 16.4. The Balaban J connectivity index is 0.00000243. The molecule has 1 aromatic carbocycles. The van der Waals surface area contributed by atoms with Gasteiger partial charge < -0.3 is 25.0 Å².